The molecule has 3 nitrogen and oxygen atoms in total. The molecule has 0 radical (unpaired) electrons. The third-order valence-corrected chi connectivity index (χ3v) is 4.10. The molecule has 2 atom stereocenters. The van der Waals surface area contributed by atoms with Crippen molar-refractivity contribution in [1.29, 1.82) is 0 Å². The lowest BCUT2D eigenvalue weighted by Crippen LogP contribution is -2.42. The molecule has 0 heterocycles. The number of hydrogen-bond donors (Lipinski definition) is 1. The van der Waals surface area contributed by atoms with Gasteiger partial charge in [-0.25, -0.2) is 0 Å². The van der Waals surface area contributed by atoms with Crippen LogP contribution in [0.2, 0.25) is 0 Å². The molecule has 2 fully saturated rings. The minimum Gasteiger partial charge on any atom is -0.395 e. The molecule has 110 valence electrons. The van der Waals surface area contributed by atoms with Crippen LogP contribution in [0.1, 0.15) is 38.5 Å². The number of hydrogen-bond acceptors (Lipinski definition) is 2. The molecule has 19 heavy (non-hydrogen) atoms. The van der Waals surface area contributed by atoms with Gasteiger partial charge >= 0.3 is 6.18 Å². The summed E-state index contributed by atoms with van der Waals surface area (Å²) in [6.07, 6.45) is -1.34. The summed E-state index contributed by atoms with van der Waals surface area (Å²) in [5.41, 5.74) is 0. The zero-order valence-electron chi connectivity index (χ0n) is 10.8. The first-order valence-electron chi connectivity index (χ1n) is 6.91. The largest absolute Gasteiger partial charge is 0.395 e. The van der Waals surface area contributed by atoms with Crippen LogP contribution in [0, 0.1) is 11.8 Å². The van der Waals surface area contributed by atoms with Crippen LogP contribution in [-0.2, 0) is 4.79 Å². The lowest BCUT2D eigenvalue weighted by molar-refractivity contribution is -0.187. The monoisotopic (exact) mass is 279 g/mol. The van der Waals surface area contributed by atoms with Crippen molar-refractivity contribution >= 4 is 5.91 Å². The molecule has 0 bridgehead atoms. The highest BCUT2D eigenvalue weighted by Gasteiger charge is 2.45. The number of carbonyl (C=O) groups excluding carboxylic acids is 1. The van der Waals surface area contributed by atoms with Gasteiger partial charge in [-0.3, -0.25) is 4.79 Å². The van der Waals surface area contributed by atoms with E-state index < -0.39 is 18.0 Å². The summed E-state index contributed by atoms with van der Waals surface area (Å²) < 4.78 is 38.2. The lowest BCUT2D eigenvalue weighted by Gasteiger charge is -2.33. The smallest absolute Gasteiger partial charge is 0.391 e. The third kappa shape index (κ3) is 3.61. The van der Waals surface area contributed by atoms with E-state index in [-0.39, 0.29) is 37.9 Å². The van der Waals surface area contributed by atoms with E-state index in [2.05, 4.69) is 0 Å². The highest BCUT2D eigenvalue weighted by molar-refractivity contribution is 5.79. The Bertz CT molecular complexity index is 328. The van der Waals surface area contributed by atoms with Crippen LogP contribution in [0.4, 0.5) is 13.2 Å². The van der Waals surface area contributed by atoms with E-state index >= 15 is 0 Å². The van der Waals surface area contributed by atoms with E-state index in [4.69, 9.17) is 5.11 Å². The molecule has 0 aromatic carbocycles. The van der Waals surface area contributed by atoms with Gasteiger partial charge in [0.05, 0.1) is 12.5 Å². The highest BCUT2D eigenvalue weighted by atomic mass is 19.4. The summed E-state index contributed by atoms with van der Waals surface area (Å²) in [5, 5.41) is 8.97. The molecule has 2 aliphatic carbocycles. The van der Waals surface area contributed by atoms with Gasteiger partial charge in [0.15, 0.2) is 0 Å². The molecule has 1 N–H and O–H groups in total. The number of halogens is 3. The number of alkyl halides is 3. The molecule has 6 heteroatoms. The van der Waals surface area contributed by atoms with Crippen molar-refractivity contribution in [3.8, 4) is 0 Å². The van der Waals surface area contributed by atoms with Crippen LogP contribution in [0.15, 0.2) is 0 Å². The average Bonchev–Trinajstić information content (AvgIpc) is 3.18. The molecule has 0 spiro atoms. The molecule has 1 amide bonds. The molecule has 2 saturated carbocycles. The SMILES string of the molecule is O=C(C1CCCC(C(F)(F)F)C1)N(CCO)C1CC1. The second-order valence-corrected chi connectivity index (χ2v) is 5.59. The predicted octanol–water partition coefficient (Wildman–Crippen LogP) is 2.34. The van der Waals surface area contributed by atoms with Gasteiger partial charge in [-0.05, 0) is 32.1 Å². The molecule has 0 aromatic heterocycles. The number of amides is 1. The minimum atomic E-state index is -4.19. The Morgan fingerprint density at radius 3 is 2.42 bits per heavy atom. The number of aliphatic hydroxyl groups is 1. The van der Waals surface area contributed by atoms with Crippen molar-refractivity contribution in [2.24, 2.45) is 11.8 Å². The van der Waals surface area contributed by atoms with Gasteiger partial charge in [-0.1, -0.05) is 6.42 Å². The van der Waals surface area contributed by atoms with E-state index in [1.54, 1.807) is 4.90 Å². The zero-order chi connectivity index (χ0) is 14.0. The van der Waals surface area contributed by atoms with Crippen LogP contribution in [0.5, 0.6) is 0 Å². The first kappa shape index (κ1) is 14.6. The normalized spacial score (nSPS) is 28.2. The van der Waals surface area contributed by atoms with Crippen molar-refractivity contribution < 1.29 is 23.1 Å². The van der Waals surface area contributed by atoms with E-state index in [0.717, 1.165) is 12.8 Å². The molecule has 0 aromatic rings. The first-order valence-corrected chi connectivity index (χ1v) is 6.91. The Morgan fingerprint density at radius 1 is 1.21 bits per heavy atom. The Labute approximate surface area is 110 Å². The zero-order valence-corrected chi connectivity index (χ0v) is 10.8. The van der Waals surface area contributed by atoms with Crippen LogP contribution in [0.3, 0.4) is 0 Å². The van der Waals surface area contributed by atoms with Gasteiger partial charge in [0, 0.05) is 18.5 Å². The lowest BCUT2D eigenvalue weighted by atomic mass is 9.80. The second kappa shape index (κ2) is 5.69. The van der Waals surface area contributed by atoms with Crippen molar-refractivity contribution in [1.82, 2.24) is 4.90 Å². The maximum atomic E-state index is 12.7. The fraction of sp³-hybridized carbons (Fsp3) is 0.923. The van der Waals surface area contributed by atoms with Crippen molar-refractivity contribution in [3.63, 3.8) is 0 Å². The van der Waals surface area contributed by atoms with Crippen LogP contribution in [0.25, 0.3) is 0 Å². The van der Waals surface area contributed by atoms with Crippen molar-refractivity contribution in [3.05, 3.63) is 0 Å². The van der Waals surface area contributed by atoms with Crippen LogP contribution < -0.4 is 0 Å². The summed E-state index contributed by atoms with van der Waals surface area (Å²) in [6.45, 7) is 0.119. The Balaban J connectivity index is 1.97. The van der Waals surface area contributed by atoms with Gasteiger partial charge in [-0.2, -0.15) is 13.2 Å². The number of nitrogens with zero attached hydrogens (tertiary/aromatic N) is 1. The average molecular weight is 279 g/mol. The molecule has 2 aliphatic rings. The summed E-state index contributed by atoms with van der Waals surface area (Å²) in [5.74, 6) is -2.05. The van der Waals surface area contributed by atoms with Gasteiger partial charge in [0.1, 0.15) is 0 Å². The Hall–Kier alpha value is -0.780. The third-order valence-electron chi connectivity index (χ3n) is 4.10. The second-order valence-electron chi connectivity index (χ2n) is 5.59. The van der Waals surface area contributed by atoms with Gasteiger partial charge in [0.25, 0.3) is 0 Å². The van der Waals surface area contributed by atoms with E-state index in [1.807, 2.05) is 0 Å². The standard InChI is InChI=1S/C13H20F3NO2/c14-13(15,16)10-3-1-2-9(8-10)12(19)17(6-7-18)11-4-5-11/h9-11,18H,1-8H2. The Morgan fingerprint density at radius 2 is 1.89 bits per heavy atom. The van der Waals surface area contributed by atoms with E-state index in [1.165, 1.54) is 0 Å². The van der Waals surface area contributed by atoms with E-state index in [9.17, 15) is 18.0 Å². The fourth-order valence-corrected chi connectivity index (χ4v) is 2.91. The maximum Gasteiger partial charge on any atom is 0.391 e. The molecule has 2 rings (SSSR count). The number of rotatable bonds is 4. The molecular formula is C13H20F3NO2. The number of aliphatic hydroxyl groups excluding tert-OH is 1. The summed E-state index contributed by atoms with van der Waals surface area (Å²) in [7, 11) is 0. The van der Waals surface area contributed by atoms with Gasteiger partial charge in [0.2, 0.25) is 5.91 Å². The summed E-state index contributed by atoms with van der Waals surface area (Å²) in [6, 6.07) is 0.144. The topological polar surface area (TPSA) is 40.5 Å². The quantitative estimate of drug-likeness (QED) is 0.858. The summed E-state index contributed by atoms with van der Waals surface area (Å²) in [4.78, 5) is 13.9. The molecular weight excluding hydrogens is 259 g/mol. The highest BCUT2D eigenvalue weighted by Crippen LogP contribution is 2.41. The predicted molar refractivity (Wildman–Crippen MR) is 63.3 cm³/mol. The van der Waals surface area contributed by atoms with E-state index in [0.29, 0.717) is 12.8 Å². The van der Waals surface area contributed by atoms with Crippen LogP contribution >= 0.6 is 0 Å². The minimum absolute atomic E-state index is 0.0863. The summed E-state index contributed by atoms with van der Waals surface area (Å²) >= 11 is 0. The van der Waals surface area contributed by atoms with Crippen molar-refractivity contribution in [2.45, 2.75) is 50.7 Å². The number of carbonyl (C=O) groups is 1. The molecule has 2 unspecified atom stereocenters. The fourth-order valence-electron chi connectivity index (χ4n) is 2.91. The van der Waals surface area contributed by atoms with Gasteiger partial charge in [-0.15, -0.1) is 0 Å². The van der Waals surface area contributed by atoms with Gasteiger partial charge < -0.3 is 10.0 Å². The van der Waals surface area contributed by atoms with Crippen LogP contribution in [-0.4, -0.2) is 41.3 Å². The first-order chi connectivity index (χ1) is 8.93. The maximum absolute atomic E-state index is 12.7. The molecule has 0 aliphatic heterocycles. The molecule has 0 saturated heterocycles. The van der Waals surface area contributed by atoms with Crippen molar-refractivity contribution in [2.75, 3.05) is 13.2 Å². The Kier molecular flexibility index (Phi) is 4.38.